The van der Waals surface area contributed by atoms with E-state index in [9.17, 15) is 14.7 Å². The molecule has 0 unspecified atom stereocenters. The van der Waals surface area contributed by atoms with E-state index in [-0.39, 0.29) is 11.4 Å². The van der Waals surface area contributed by atoms with Crippen LogP contribution in [-0.4, -0.2) is 34.6 Å². The van der Waals surface area contributed by atoms with Crippen molar-refractivity contribution in [1.29, 1.82) is 0 Å². The van der Waals surface area contributed by atoms with Crippen molar-refractivity contribution in [2.75, 3.05) is 6.54 Å². The first kappa shape index (κ1) is 14.9. The molecule has 1 heterocycles. The van der Waals surface area contributed by atoms with Gasteiger partial charge in [-0.15, -0.1) is 0 Å². The van der Waals surface area contributed by atoms with Gasteiger partial charge in [0.25, 0.3) is 0 Å². The SMILES string of the molecule is CC(C)(C)OC(=O)NCCc1cnc(C=O)c(O)c1. The van der Waals surface area contributed by atoms with Crippen molar-refractivity contribution in [3.8, 4) is 5.75 Å². The Morgan fingerprint density at radius 1 is 1.53 bits per heavy atom. The lowest BCUT2D eigenvalue weighted by atomic mass is 10.2. The molecule has 2 N–H and O–H groups in total. The average Bonchev–Trinajstić information content (AvgIpc) is 2.26. The third-order valence-corrected chi connectivity index (χ3v) is 2.15. The summed E-state index contributed by atoms with van der Waals surface area (Å²) in [7, 11) is 0. The number of aldehydes is 1. The summed E-state index contributed by atoms with van der Waals surface area (Å²) in [5, 5.41) is 12.0. The van der Waals surface area contributed by atoms with Gasteiger partial charge in [0, 0.05) is 12.7 Å². The summed E-state index contributed by atoms with van der Waals surface area (Å²) < 4.78 is 5.07. The molecule has 6 nitrogen and oxygen atoms in total. The third-order valence-electron chi connectivity index (χ3n) is 2.15. The number of alkyl carbamates (subject to hydrolysis) is 1. The van der Waals surface area contributed by atoms with Crippen molar-refractivity contribution in [1.82, 2.24) is 10.3 Å². The van der Waals surface area contributed by atoms with Gasteiger partial charge < -0.3 is 15.2 Å². The molecule has 1 aromatic heterocycles. The maximum absolute atomic E-state index is 11.4. The zero-order chi connectivity index (χ0) is 14.5. The second kappa shape index (κ2) is 6.17. The summed E-state index contributed by atoms with van der Waals surface area (Å²) in [6.45, 7) is 5.71. The van der Waals surface area contributed by atoms with E-state index < -0.39 is 11.7 Å². The molecule has 0 spiro atoms. The van der Waals surface area contributed by atoms with E-state index in [0.29, 0.717) is 19.3 Å². The van der Waals surface area contributed by atoms with E-state index in [1.807, 2.05) is 0 Å². The normalized spacial score (nSPS) is 10.9. The molecule has 104 valence electrons. The Morgan fingerprint density at radius 2 is 2.21 bits per heavy atom. The van der Waals surface area contributed by atoms with E-state index in [0.717, 1.165) is 5.56 Å². The summed E-state index contributed by atoms with van der Waals surface area (Å²) in [5.74, 6) is -0.162. The van der Waals surface area contributed by atoms with Crippen LogP contribution in [0.2, 0.25) is 0 Å². The van der Waals surface area contributed by atoms with Crippen molar-refractivity contribution in [2.45, 2.75) is 32.8 Å². The summed E-state index contributed by atoms with van der Waals surface area (Å²) >= 11 is 0. The van der Waals surface area contributed by atoms with Crippen molar-refractivity contribution in [3.63, 3.8) is 0 Å². The number of nitrogens with one attached hydrogen (secondary N) is 1. The van der Waals surface area contributed by atoms with E-state index in [2.05, 4.69) is 10.3 Å². The van der Waals surface area contributed by atoms with Crippen molar-refractivity contribution < 1.29 is 19.4 Å². The number of amides is 1. The number of nitrogens with zero attached hydrogens (tertiary/aromatic N) is 1. The van der Waals surface area contributed by atoms with E-state index >= 15 is 0 Å². The number of carbonyl (C=O) groups excluding carboxylic acids is 2. The maximum Gasteiger partial charge on any atom is 0.407 e. The Morgan fingerprint density at radius 3 is 2.74 bits per heavy atom. The summed E-state index contributed by atoms with van der Waals surface area (Å²) in [5.41, 5.74) is 0.193. The van der Waals surface area contributed by atoms with Crippen LogP contribution in [0.4, 0.5) is 4.79 Å². The predicted molar refractivity (Wildman–Crippen MR) is 69.2 cm³/mol. The molecular weight excluding hydrogens is 248 g/mol. The number of carbonyl (C=O) groups is 2. The van der Waals surface area contributed by atoms with Crippen LogP contribution in [0.5, 0.6) is 5.75 Å². The number of pyridine rings is 1. The highest BCUT2D eigenvalue weighted by Crippen LogP contribution is 2.14. The minimum absolute atomic E-state index is 0.00357. The fraction of sp³-hybridized carbons (Fsp3) is 0.462. The Kier molecular flexibility index (Phi) is 4.86. The predicted octanol–water partition coefficient (Wildman–Crippen LogP) is 1.67. The lowest BCUT2D eigenvalue weighted by Crippen LogP contribution is -2.33. The lowest BCUT2D eigenvalue weighted by molar-refractivity contribution is 0.0528. The lowest BCUT2D eigenvalue weighted by Gasteiger charge is -2.19. The zero-order valence-corrected chi connectivity index (χ0v) is 11.3. The quantitative estimate of drug-likeness (QED) is 0.809. The van der Waals surface area contributed by atoms with Gasteiger partial charge in [0.05, 0.1) is 0 Å². The van der Waals surface area contributed by atoms with Gasteiger partial charge in [0.1, 0.15) is 17.0 Å². The van der Waals surface area contributed by atoms with Gasteiger partial charge in [0.2, 0.25) is 0 Å². The molecule has 1 amide bonds. The smallest absolute Gasteiger partial charge is 0.407 e. The van der Waals surface area contributed by atoms with Crippen LogP contribution in [0.15, 0.2) is 12.3 Å². The Hall–Kier alpha value is -2.11. The van der Waals surface area contributed by atoms with Crippen molar-refractivity contribution in [3.05, 3.63) is 23.5 Å². The molecule has 0 saturated carbocycles. The Balaban J connectivity index is 2.43. The highest BCUT2D eigenvalue weighted by atomic mass is 16.6. The molecule has 0 aliphatic heterocycles. The van der Waals surface area contributed by atoms with Crippen LogP contribution in [0.1, 0.15) is 36.8 Å². The maximum atomic E-state index is 11.4. The number of hydrogen-bond acceptors (Lipinski definition) is 5. The topological polar surface area (TPSA) is 88.5 Å². The second-order valence-corrected chi connectivity index (χ2v) is 5.04. The second-order valence-electron chi connectivity index (χ2n) is 5.04. The molecule has 6 heteroatoms. The first-order chi connectivity index (χ1) is 8.81. The number of rotatable bonds is 4. The molecule has 0 aliphatic rings. The number of aromatic nitrogens is 1. The fourth-order valence-electron chi connectivity index (χ4n) is 1.36. The van der Waals surface area contributed by atoms with E-state index in [1.54, 1.807) is 20.8 Å². The molecule has 19 heavy (non-hydrogen) atoms. The van der Waals surface area contributed by atoms with Crippen molar-refractivity contribution >= 4 is 12.4 Å². The van der Waals surface area contributed by atoms with Gasteiger partial charge in [0.15, 0.2) is 6.29 Å². The van der Waals surface area contributed by atoms with Gasteiger partial charge in [-0.05, 0) is 38.8 Å². The van der Waals surface area contributed by atoms with E-state index in [4.69, 9.17) is 4.74 Å². The van der Waals surface area contributed by atoms with E-state index in [1.165, 1.54) is 12.3 Å². The third kappa shape index (κ3) is 5.37. The zero-order valence-electron chi connectivity index (χ0n) is 11.3. The van der Waals surface area contributed by atoms with Crippen LogP contribution in [0.3, 0.4) is 0 Å². The molecule has 0 atom stereocenters. The summed E-state index contributed by atoms with van der Waals surface area (Å²) in [6, 6.07) is 1.45. The molecule has 0 aromatic carbocycles. The molecule has 1 rings (SSSR count). The molecule has 0 saturated heterocycles. The summed E-state index contributed by atoms with van der Waals surface area (Å²) in [4.78, 5) is 25.6. The number of ether oxygens (including phenoxy) is 1. The van der Waals surface area contributed by atoms with Crippen LogP contribution < -0.4 is 5.32 Å². The van der Waals surface area contributed by atoms with Gasteiger partial charge in [-0.1, -0.05) is 0 Å². The largest absolute Gasteiger partial charge is 0.506 e. The van der Waals surface area contributed by atoms with Gasteiger partial charge in [-0.3, -0.25) is 4.79 Å². The minimum Gasteiger partial charge on any atom is -0.506 e. The monoisotopic (exact) mass is 266 g/mol. The number of hydrogen-bond donors (Lipinski definition) is 2. The first-order valence-corrected chi connectivity index (χ1v) is 5.92. The molecule has 0 fully saturated rings. The van der Waals surface area contributed by atoms with Crippen LogP contribution in [-0.2, 0) is 11.2 Å². The molecular formula is C13H18N2O4. The molecule has 0 bridgehead atoms. The van der Waals surface area contributed by atoms with Crippen LogP contribution in [0.25, 0.3) is 0 Å². The molecule has 0 aliphatic carbocycles. The highest BCUT2D eigenvalue weighted by molar-refractivity contribution is 5.75. The minimum atomic E-state index is -0.532. The highest BCUT2D eigenvalue weighted by Gasteiger charge is 2.15. The fourth-order valence-corrected chi connectivity index (χ4v) is 1.36. The van der Waals surface area contributed by atoms with Crippen molar-refractivity contribution in [2.24, 2.45) is 0 Å². The van der Waals surface area contributed by atoms with Crippen LogP contribution in [0, 0.1) is 0 Å². The average molecular weight is 266 g/mol. The standard InChI is InChI=1S/C13H18N2O4/c1-13(2,3)19-12(18)14-5-4-9-6-11(17)10(8-16)15-7-9/h6-8,17H,4-5H2,1-3H3,(H,14,18). The van der Waals surface area contributed by atoms with Crippen LogP contribution >= 0.6 is 0 Å². The number of aromatic hydroxyl groups is 1. The van der Waals surface area contributed by atoms with Gasteiger partial charge in [-0.2, -0.15) is 0 Å². The van der Waals surface area contributed by atoms with Gasteiger partial charge >= 0.3 is 6.09 Å². The first-order valence-electron chi connectivity index (χ1n) is 5.92. The summed E-state index contributed by atoms with van der Waals surface area (Å²) in [6.07, 6.45) is 1.96. The Labute approximate surface area is 111 Å². The van der Waals surface area contributed by atoms with Gasteiger partial charge in [-0.25, -0.2) is 9.78 Å². The Bertz CT molecular complexity index is 466. The molecule has 0 radical (unpaired) electrons. The molecule has 1 aromatic rings.